The number of rotatable bonds is 5. The summed E-state index contributed by atoms with van der Waals surface area (Å²) in [5, 5.41) is 6.06. The molecule has 1 amide bonds. The number of aromatic nitrogens is 1. The fourth-order valence-electron chi connectivity index (χ4n) is 2.14. The average Bonchev–Trinajstić information content (AvgIpc) is 3.07. The maximum Gasteiger partial charge on any atom is 0.249 e. The Morgan fingerprint density at radius 3 is 3.05 bits per heavy atom. The molecule has 0 radical (unpaired) electrons. The monoisotopic (exact) mass is 283 g/mol. The van der Waals surface area contributed by atoms with E-state index in [1.807, 2.05) is 12.3 Å². The minimum Gasteiger partial charge on any atom is -0.364 e. The molecule has 0 spiro atoms. The quantitative estimate of drug-likeness (QED) is 0.856. The molecule has 0 bridgehead atoms. The van der Waals surface area contributed by atoms with E-state index in [2.05, 4.69) is 17.2 Å². The Labute approximate surface area is 117 Å². The van der Waals surface area contributed by atoms with Crippen molar-refractivity contribution in [3.8, 4) is 0 Å². The fourth-order valence-corrected chi connectivity index (χ4v) is 2.98. The second kappa shape index (κ2) is 6.45. The predicted octanol–water partition coefficient (Wildman–Crippen LogP) is 1.39. The van der Waals surface area contributed by atoms with Crippen molar-refractivity contribution in [3.63, 3.8) is 0 Å². The van der Waals surface area contributed by atoms with Crippen molar-refractivity contribution in [2.24, 2.45) is 5.73 Å². The van der Waals surface area contributed by atoms with E-state index < -0.39 is 0 Å². The highest BCUT2D eigenvalue weighted by molar-refractivity contribution is 7.09. The van der Waals surface area contributed by atoms with Crippen LogP contribution in [0.5, 0.6) is 0 Å². The van der Waals surface area contributed by atoms with E-state index in [-0.39, 0.29) is 24.2 Å². The zero-order valence-corrected chi connectivity index (χ0v) is 12.2. The molecule has 2 rings (SSSR count). The van der Waals surface area contributed by atoms with Gasteiger partial charge < -0.3 is 15.8 Å². The highest BCUT2D eigenvalue weighted by atomic mass is 32.1. The molecule has 1 aromatic heterocycles. The van der Waals surface area contributed by atoms with Crippen LogP contribution in [0.15, 0.2) is 5.38 Å². The predicted molar refractivity (Wildman–Crippen MR) is 75.0 cm³/mol. The van der Waals surface area contributed by atoms with Crippen molar-refractivity contribution in [1.82, 2.24) is 10.3 Å². The summed E-state index contributed by atoms with van der Waals surface area (Å²) in [5.41, 5.74) is 6.46. The van der Waals surface area contributed by atoms with Crippen LogP contribution in [0.1, 0.15) is 43.4 Å². The molecule has 1 aliphatic rings. The van der Waals surface area contributed by atoms with Gasteiger partial charge in [-0.05, 0) is 26.2 Å². The molecule has 1 unspecified atom stereocenters. The summed E-state index contributed by atoms with van der Waals surface area (Å²) >= 11 is 1.63. The molecule has 2 heterocycles. The minimum absolute atomic E-state index is 0.0250. The van der Waals surface area contributed by atoms with E-state index in [0.717, 1.165) is 30.0 Å². The normalized spacial score (nSPS) is 24.4. The Kier molecular flexibility index (Phi) is 4.90. The van der Waals surface area contributed by atoms with Gasteiger partial charge in [-0.25, -0.2) is 4.98 Å². The molecule has 3 N–H and O–H groups in total. The molecule has 6 heteroatoms. The van der Waals surface area contributed by atoms with Gasteiger partial charge in [0.15, 0.2) is 0 Å². The van der Waals surface area contributed by atoms with E-state index >= 15 is 0 Å². The number of nitrogens with two attached hydrogens (primary N) is 1. The molecule has 0 aromatic carbocycles. The lowest BCUT2D eigenvalue weighted by Crippen LogP contribution is -2.37. The number of hydrogen-bond donors (Lipinski definition) is 2. The van der Waals surface area contributed by atoms with Crippen molar-refractivity contribution >= 4 is 17.2 Å². The van der Waals surface area contributed by atoms with E-state index in [1.54, 1.807) is 11.3 Å². The molecule has 1 saturated heterocycles. The van der Waals surface area contributed by atoms with Gasteiger partial charge in [0.25, 0.3) is 0 Å². The number of ether oxygens (including phenoxy) is 1. The maximum atomic E-state index is 12.1. The molecule has 19 heavy (non-hydrogen) atoms. The van der Waals surface area contributed by atoms with Crippen LogP contribution in [0.25, 0.3) is 0 Å². The molecule has 5 nitrogen and oxygen atoms in total. The van der Waals surface area contributed by atoms with Crippen LogP contribution in [0.3, 0.4) is 0 Å². The second-order valence-corrected chi connectivity index (χ2v) is 5.75. The minimum atomic E-state index is -0.361. The van der Waals surface area contributed by atoms with Gasteiger partial charge in [0.2, 0.25) is 5.91 Å². The lowest BCUT2D eigenvalue weighted by molar-refractivity contribution is -0.132. The third-order valence-electron chi connectivity index (χ3n) is 3.34. The zero-order chi connectivity index (χ0) is 13.8. The lowest BCUT2D eigenvalue weighted by Gasteiger charge is -2.16. The Morgan fingerprint density at radius 2 is 2.47 bits per heavy atom. The van der Waals surface area contributed by atoms with Crippen LogP contribution >= 0.6 is 11.3 Å². The number of hydrogen-bond acceptors (Lipinski definition) is 5. The summed E-state index contributed by atoms with van der Waals surface area (Å²) < 4.78 is 5.58. The van der Waals surface area contributed by atoms with Crippen LogP contribution in [0, 0.1) is 0 Å². The van der Waals surface area contributed by atoms with Crippen molar-refractivity contribution in [1.29, 1.82) is 0 Å². The molecule has 1 aliphatic heterocycles. The van der Waals surface area contributed by atoms with Gasteiger partial charge in [0.1, 0.15) is 6.10 Å². The van der Waals surface area contributed by atoms with Crippen molar-refractivity contribution in [3.05, 3.63) is 16.1 Å². The molecule has 1 aromatic rings. The Hall–Kier alpha value is -0.980. The van der Waals surface area contributed by atoms with E-state index in [1.165, 1.54) is 0 Å². The van der Waals surface area contributed by atoms with Crippen LogP contribution in [-0.2, 0) is 16.0 Å². The summed E-state index contributed by atoms with van der Waals surface area (Å²) in [7, 11) is 0. The number of nitrogens with one attached hydrogen (secondary N) is 1. The second-order valence-electron chi connectivity index (χ2n) is 4.81. The number of thiazole rings is 1. The summed E-state index contributed by atoms with van der Waals surface area (Å²) in [5.74, 6) is -0.0606. The SMILES string of the molecule is CCc1nc(C(C)NC(=O)[C@@H]2CC[C@H](CN)O2)cs1. The third-order valence-corrected chi connectivity index (χ3v) is 4.35. The van der Waals surface area contributed by atoms with E-state index in [9.17, 15) is 4.79 Å². The third kappa shape index (κ3) is 3.52. The van der Waals surface area contributed by atoms with Crippen molar-refractivity contribution in [2.75, 3.05) is 6.54 Å². The largest absolute Gasteiger partial charge is 0.364 e. The van der Waals surface area contributed by atoms with Crippen LogP contribution in [0.2, 0.25) is 0 Å². The fraction of sp³-hybridized carbons (Fsp3) is 0.692. The van der Waals surface area contributed by atoms with Crippen molar-refractivity contribution < 1.29 is 9.53 Å². The van der Waals surface area contributed by atoms with Gasteiger partial charge in [-0.15, -0.1) is 11.3 Å². The molecule has 0 aliphatic carbocycles. The molecule has 1 fully saturated rings. The molecule has 0 saturated carbocycles. The topological polar surface area (TPSA) is 77.2 Å². The smallest absolute Gasteiger partial charge is 0.249 e. The van der Waals surface area contributed by atoms with Crippen LogP contribution < -0.4 is 11.1 Å². The molecular weight excluding hydrogens is 262 g/mol. The van der Waals surface area contributed by atoms with Crippen molar-refractivity contribution in [2.45, 2.75) is 51.4 Å². The Bertz CT molecular complexity index is 435. The zero-order valence-electron chi connectivity index (χ0n) is 11.4. The summed E-state index contributed by atoms with van der Waals surface area (Å²) in [6.45, 7) is 4.50. The molecule has 3 atom stereocenters. The van der Waals surface area contributed by atoms with E-state index in [4.69, 9.17) is 10.5 Å². The highest BCUT2D eigenvalue weighted by Crippen LogP contribution is 2.21. The Morgan fingerprint density at radius 1 is 1.68 bits per heavy atom. The van der Waals surface area contributed by atoms with E-state index in [0.29, 0.717) is 6.54 Å². The first-order chi connectivity index (χ1) is 9.13. The first-order valence-corrected chi connectivity index (χ1v) is 7.62. The number of carbonyl (C=O) groups is 1. The summed E-state index contributed by atoms with van der Waals surface area (Å²) in [4.78, 5) is 16.5. The maximum absolute atomic E-state index is 12.1. The van der Waals surface area contributed by atoms with Gasteiger partial charge in [-0.2, -0.15) is 0 Å². The van der Waals surface area contributed by atoms with Gasteiger partial charge in [0.05, 0.1) is 22.8 Å². The first kappa shape index (κ1) is 14.4. The summed E-state index contributed by atoms with van der Waals surface area (Å²) in [6.07, 6.45) is 2.20. The van der Waals surface area contributed by atoms with Gasteiger partial charge in [-0.3, -0.25) is 4.79 Å². The number of aryl methyl sites for hydroxylation is 1. The average molecular weight is 283 g/mol. The van der Waals surface area contributed by atoms with Crippen LogP contribution in [0.4, 0.5) is 0 Å². The van der Waals surface area contributed by atoms with Crippen LogP contribution in [-0.4, -0.2) is 29.6 Å². The standard InChI is InChI=1S/C13H21N3O2S/c1-3-12-16-10(7-19-12)8(2)15-13(17)11-5-4-9(6-14)18-11/h7-9,11H,3-6,14H2,1-2H3,(H,15,17)/t8?,9-,11+/m1/s1. The molecule has 106 valence electrons. The van der Waals surface area contributed by atoms with Gasteiger partial charge in [0, 0.05) is 11.9 Å². The molecular formula is C13H21N3O2S. The lowest BCUT2D eigenvalue weighted by atomic mass is 10.1. The number of nitrogens with zero attached hydrogens (tertiary/aromatic N) is 1. The highest BCUT2D eigenvalue weighted by Gasteiger charge is 2.30. The number of carbonyl (C=O) groups excluding carboxylic acids is 1. The number of amides is 1. The Balaban J connectivity index is 1.88. The van der Waals surface area contributed by atoms with Gasteiger partial charge in [-0.1, -0.05) is 6.92 Å². The van der Waals surface area contributed by atoms with Gasteiger partial charge >= 0.3 is 0 Å². The summed E-state index contributed by atoms with van der Waals surface area (Å²) in [6, 6.07) is -0.0791. The first-order valence-electron chi connectivity index (χ1n) is 6.74.